The van der Waals surface area contributed by atoms with Crippen LogP contribution in [0.2, 0.25) is 5.02 Å². The van der Waals surface area contributed by atoms with E-state index in [9.17, 15) is 9.59 Å². The predicted molar refractivity (Wildman–Crippen MR) is 113 cm³/mol. The second-order valence-corrected chi connectivity index (χ2v) is 8.23. The van der Waals surface area contributed by atoms with Crippen LogP contribution in [-0.4, -0.2) is 23.3 Å². The smallest absolute Gasteiger partial charge is 0.255 e. The van der Waals surface area contributed by atoms with Crippen LogP contribution in [0.4, 0.5) is 5.69 Å². The Labute approximate surface area is 172 Å². The molecule has 0 spiro atoms. The molecule has 0 saturated heterocycles. The van der Waals surface area contributed by atoms with Crippen molar-refractivity contribution in [3.8, 4) is 0 Å². The minimum Gasteiger partial charge on any atom is -0.334 e. The molecule has 6 heteroatoms. The number of hydrogen-bond acceptors (Lipinski definition) is 3. The number of carbonyl (C=O) groups excluding carboxylic acids is 2. The molecule has 0 atom stereocenters. The number of nitrogens with zero attached hydrogens (tertiary/aromatic N) is 1. The topological polar surface area (TPSA) is 49.4 Å². The molecule has 0 unspecified atom stereocenters. The maximum absolute atomic E-state index is 13.1. The van der Waals surface area contributed by atoms with Crippen LogP contribution >= 0.6 is 22.9 Å². The van der Waals surface area contributed by atoms with Gasteiger partial charge in [-0.3, -0.25) is 9.59 Å². The van der Waals surface area contributed by atoms with Crippen LogP contribution < -0.4 is 5.32 Å². The van der Waals surface area contributed by atoms with Crippen molar-refractivity contribution in [2.24, 2.45) is 0 Å². The summed E-state index contributed by atoms with van der Waals surface area (Å²) in [5.74, 6) is -0.260. The zero-order valence-electron chi connectivity index (χ0n) is 15.4. The summed E-state index contributed by atoms with van der Waals surface area (Å²) in [6, 6.07) is 14.3. The maximum Gasteiger partial charge on any atom is 0.255 e. The molecule has 1 aliphatic heterocycles. The number of nitrogens with one attached hydrogen (secondary N) is 1. The minimum absolute atomic E-state index is 0.00629. The van der Waals surface area contributed by atoms with Gasteiger partial charge in [0, 0.05) is 39.8 Å². The van der Waals surface area contributed by atoms with Gasteiger partial charge in [0.1, 0.15) is 0 Å². The standard InChI is InChI=1S/C22H19ClN2O2S/c1-14-18(22(27)25-10-8-20-16(13-25)9-11-28-20)6-3-7-19(14)24-21(26)15-4-2-5-17(23)12-15/h2-7,9,11-12H,8,10,13H2,1H3,(H,24,26). The van der Waals surface area contributed by atoms with Crippen molar-refractivity contribution in [3.63, 3.8) is 0 Å². The monoisotopic (exact) mass is 410 g/mol. The van der Waals surface area contributed by atoms with Crippen LogP contribution in [0.3, 0.4) is 0 Å². The lowest BCUT2D eigenvalue weighted by Crippen LogP contribution is -2.35. The average molecular weight is 411 g/mol. The van der Waals surface area contributed by atoms with E-state index in [1.165, 1.54) is 10.4 Å². The molecule has 3 aromatic rings. The number of carbonyl (C=O) groups is 2. The molecular formula is C22H19ClN2O2S. The summed E-state index contributed by atoms with van der Waals surface area (Å²) < 4.78 is 0. The third kappa shape index (κ3) is 3.68. The lowest BCUT2D eigenvalue weighted by Gasteiger charge is -2.28. The van der Waals surface area contributed by atoms with Crippen molar-refractivity contribution < 1.29 is 9.59 Å². The summed E-state index contributed by atoms with van der Waals surface area (Å²) in [7, 11) is 0. The molecule has 0 radical (unpaired) electrons. The number of anilines is 1. The van der Waals surface area contributed by atoms with E-state index in [0.29, 0.717) is 34.9 Å². The molecular weight excluding hydrogens is 392 g/mol. The fourth-order valence-corrected chi connectivity index (χ4v) is 4.50. The largest absolute Gasteiger partial charge is 0.334 e. The molecule has 28 heavy (non-hydrogen) atoms. The lowest BCUT2D eigenvalue weighted by atomic mass is 10.0. The highest BCUT2D eigenvalue weighted by Crippen LogP contribution is 2.27. The van der Waals surface area contributed by atoms with E-state index in [-0.39, 0.29) is 11.8 Å². The Bertz CT molecular complexity index is 1060. The highest BCUT2D eigenvalue weighted by atomic mass is 35.5. The number of benzene rings is 2. The molecule has 2 aromatic carbocycles. The first-order valence-electron chi connectivity index (χ1n) is 9.04. The molecule has 4 nitrogen and oxygen atoms in total. The normalized spacial score (nSPS) is 13.1. The highest BCUT2D eigenvalue weighted by Gasteiger charge is 2.24. The molecule has 0 aliphatic carbocycles. The molecule has 0 bridgehead atoms. The summed E-state index contributed by atoms with van der Waals surface area (Å²) >= 11 is 7.73. The maximum atomic E-state index is 13.1. The van der Waals surface area contributed by atoms with Crippen LogP contribution in [0.5, 0.6) is 0 Å². The Morgan fingerprint density at radius 3 is 2.79 bits per heavy atom. The SMILES string of the molecule is Cc1c(NC(=O)c2cccc(Cl)c2)cccc1C(=O)N1CCc2sccc2C1. The van der Waals surface area contributed by atoms with E-state index in [1.54, 1.807) is 41.7 Å². The van der Waals surface area contributed by atoms with Gasteiger partial charge in [-0.05, 0) is 66.2 Å². The summed E-state index contributed by atoms with van der Waals surface area (Å²) in [5.41, 5.74) is 3.71. The molecule has 1 N–H and O–H groups in total. The molecule has 4 rings (SSSR count). The number of fused-ring (bicyclic) bond motifs is 1. The first-order valence-corrected chi connectivity index (χ1v) is 10.3. The minimum atomic E-state index is -0.254. The highest BCUT2D eigenvalue weighted by molar-refractivity contribution is 7.10. The molecule has 0 fully saturated rings. The second-order valence-electron chi connectivity index (χ2n) is 6.79. The zero-order valence-corrected chi connectivity index (χ0v) is 16.9. The predicted octanol–water partition coefficient (Wildman–Crippen LogP) is 5.16. The fourth-order valence-electron chi connectivity index (χ4n) is 3.42. The van der Waals surface area contributed by atoms with Crippen molar-refractivity contribution in [3.05, 3.63) is 86.1 Å². The Morgan fingerprint density at radius 1 is 1.14 bits per heavy atom. The Hall–Kier alpha value is -2.63. The van der Waals surface area contributed by atoms with Gasteiger partial charge in [-0.15, -0.1) is 11.3 Å². The van der Waals surface area contributed by atoms with Crippen molar-refractivity contribution in [2.75, 3.05) is 11.9 Å². The number of hydrogen-bond donors (Lipinski definition) is 1. The third-order valence-corrected chi connectivity index (χ3v) is 6.25. The van der Waals surface area contributed by atoms with Crippen LogP contribution in [0, 0.1) is 6.92 Å². The van der Waals surface area contributed by atoms with Gasteiger partial charge in [-0.25, -0.2) is 0 Å². The van der Waals surface area contributed by atoms with Gasteiger partial charge in [0.05, 0.1) is 0 Å². The molecule has 1 aliphatic rings. The van der Waals surface area contributed by atoms with Crippen LogP contribution in [0.15, 0.2) is 53.9 Å². The zero-order chi connectivity index (χ0) is 19.7. The van der Waals surface area contributed by atoms with Gasteiger partial charge < -0.3 is 10.2 Å². The van der Waals surface area contributed by atoms with Gasteiger partial charge >= 0.3 is 0 Å². The van der Waals surface area contributed by atoms with Crippen LogP contribution in [0.1, 0.15) is 36.7 Å². The van der Waals surface area contributed by atoms with Gasteiger partial charge in [-0.1, -0.05) is 23.7 Å². The first-order chi connectivity index (χ1) is 13.5. The van der Waals surface area contributed by atoms with Crippen molar-refractivity contribution in [1.82, 2.24) is 4.90 Å². The second kappa shape index (κ2) is 7.78. The van der Waals surface area contributed by atoms with Gasteiger partial charge in [0.2, 0.25) is 0 Å². The van der Waals surface area contributed by atoms with Crippen LogP contribution in [0.25, 0.3) is 0 Å². The Balaban J connectivity index is 1.55. The number of halogens is 1. The van der Waals surface area contributed by atoms with Crippen LogP contribution in [-0.2, 0) is 13.0 Å². The summed E-state index contributed by atoms with van der Waals surface area (Å²) in [6.45, 7) is 3.21. The summed E-state index contributed by atoms with van der Waals surface area (Å²) in [5, 5.41) is 5.48. The fraction of sp³-hybridized carbons (Fsp3) is 0.182. The van der Waals surface area contributed by atoms with Gasteiger partial charge in [0.15, 0.2) is 0 Å². The molecule has 142 valence electrons. The van der Waals surface area contributed by atoms with Gasteiger partial charge in [-0.2, -0.15) is 0 Å². The van der Waals surface area contributed by atoms with E-state index in [1.807, 2.05) is 24.0 Å². The van der Waals surface area contributed by atoms with E-state index in [2.05, 4.69) is 16.8 Å². The van der Waals surface area contributed by atoms with E-state index < -0.39 is 0 Å². The van der Waals surface area contributed by atoms with E-state index in [4.69, 9.17) is 11.6 Å². The number of amides is 2. The van der Waals surface area contributed by atoms with Crippen molar-refractivity contribution in [1.29, 1.82) is 0 Å². The molecule has 2 heterocycles. The average Bonchev–Trinajstić information content (AvgIpc) is 3.17. The summed E-state index contributed by atoms with van der Waals surface area (Å²) in [6.07, 6.45) is 0.892. The molecule has 2 amide bonds. The van der Waals surface area contributed by atoms with E-state index in [0.717, 1.165) is 12.0 Å². The third-order valence-electron chi connectivity index (χ3n) is 4.99. The lowest BCUT2D eigenvalue weighted by molar-refractivity contribution is 0.0735. The Morgan fingerprint density at radius 2 is 1.96 bits per heavy atom. The summed E-state index contributed by atoms with van der Waals surface area (Å²) in [4.78, 5) is 28.9. The Kier molecular flexibility index (Phi) is 5.20. The quantitative estimate of drug-likeness (QED) is 0.648. The first kappa shape index (κ1) is 18.7. The van der Waals surface area contributed by atoms with E-state index >= 15 is 0 Å². The van der Waals surface area contributed by atoms with Gasteiger partial charge in [0.25, 0.3) is 11.8 Å². The van der Waals surface area contributed by atoms with Crippen molar-refractivity contribution >= 4 is 40.4 Å². The van der Waals surface area contributed by atoms with Crippen molar-refractivity contribution in [2.45, 2.75) is 19.9 Å². The molecule has 0 saturated carbocycles. The number of rotatable bonds is 3. The number of thiophene rings is 1. The molecule has 1 aromatic heterocycles.